The molecule has 0 spiro atoms. The molecule has 1 aliphatic heterocycles. The third-order valence-electron chi connectivity index (χ3n) is 4.36. The Labute approximate surface area is 162 Å². The maximum absolute atomic E-state index is 11.1. The van der Waals surface area contributed by atoms with Gasteiger partial charge in [0.25, 0.3) is 0 Å². The molecule has 0 saturated carbocycles. The SMILES string of the molecule is NC(=O)CCc1nnc(SCCc2ccccc2Cl)n1CC1CCCO1. The molecule has 0 bridgehead atoms. The Kier molecular flexibility index (Phi) is 6.93. The van der Waals surface area contributed by atoms with E-state index in [0.717, 1.165) is 59.7 Å². The molecule has 1 saturated heterocycles. The van der Waals surface area contributed by atoms with Crippen molar-refractivity contribution in [3.05, 3.63) is 40.7 Å². The summed E-state index contributed by atoms with van der Waals surface area (Å²) in [6.07, 6.45) is 3.93. The van der Waals surface area contributed by atoms with E-state index in [-0.39, 0.29) is 18.4 Å². The Bertz CT molecular complexity index is 747. The van der Waals surface area contributed by atoms with Gasteiger partial charge in [-0.05, 0) is 30.9 Å². The lowest BCUT2D eigenvalue weighted by atomic mass is 10.2. The quantitative estimate of drug-likeness (QED) is 0.661. The largest absolute Gasteiger partial charge is 0.376 e. The molecule has 2 aromatic rings. The van der Waals surface area contributed by atoms with Crippen molar-refractivity contribution in [2.45, 2.75) is 49.9 Å². The maximum Gasteiger partial charge on any atom is 0.217 e. The van der Waals surface area contributed by atoms with Crippen LogP contribution in [0.4, 0.5) is 0 Å². The second-order valence-corrected chi connectivity index (χ2v) is 7.77. The number of carbonyl (C=O) groups is 1. The van der Waals surface area contributed by atoms with Crippen LogP contribution in [0, 0.1) is 0 Å². The van der Waals surface area contributed by atoms with E-state index in [1.165, 1.54) is 0 Å². The van der Waals surface area contributed by atoms with Crippen LogP contribution in [0.5, 0.6) is 0 Å². The van der Waals surface area contributed by atoms with Crippen molar-refractivity contribution < 1.29 is 9.53 Å². The highest BCUT2D eigenvalue weighted by Crippen LogP contribution is 2.24. The summed E-state index contributed by atoms with van der Waals surface area (Å²) in [5, 5.41) is 10.2. The van der Waals surface area contributed by atoms with Gasteiger partial charge in [0.05, 0.1) is 12.6 Å². The molecular formula is C18H23ClN4O2S. The van der Waals surface area contributed by atoms with Crippen molar-refractivity contribution in [1.82, 2.24) is 14.8 Å². The molecule has 3 rings (SSSR count). The highest BCUT2D eigenvalue weighted by molar-refractivity contribution is 7.99. The minimum absolute atomic E-state index is 0.182. The first-order valence-corrected chi connectivity index (χ1v) is 10.2. The van der Waals surface area contributed by atoms with E-state index in [2.05, 4.69) is 14.8 Å². The molecule has 0 radical (unpaired) electrons. The lowest BCUT2D eigenvalue weighted by molar-refractivity contribution is -0.118. The Morgan fingerprint density at radius 3 is 2.92 bits per heavy atom. The van der Waals surface area contributed by atoms with E-state index in [1.807, 2.05) is 24.3 Å². The first-order chi connectivity index (χ1) is 12.6. The number of ether oxygens (including phenoxy) is 1. The fraction of sp³-hybridized carbons (Fsp3) is 0.500. The normalized spacial score (nSPS) is 16.9. The number of benzene rings is 1. The minimum atomic E-state index is -0.329. The molecule has 140 valence electrons. The first-order valence-electron chi connectivity index (χ1n) is 8.81. The van der Waals surface area contributed by atoms with Crippen LogP contribution in [0.1, 0.15) is 30.7 Å². The summed E-state index contributed by atoms with van der Waals surface area (Å²) in [4.78, 5) is 11.1. The second-order valence-electron chi connectivity index (χ2n) is 6.30. The third-order valence-corrected chi connectivity index (χ3v) is 5.70. The molecule has 8 heteroatoms. The monoisotopic (exact) mass is 394 g/mol. The van der Waals surface area contributed by atoms with Crippen molar-refractivity contribution in [3.8, 4) is 0 Å². The molecule has 1 aliphatic rings. The number of thioether (sulfide) groups is 1. The van der Waals surface area contributed by atoms with Gasteiger partial charge >= 0.3 is 0 Å². The number of hydrogen-bond donors (Lipinski definition) is 1. The molecule has 26 heavy (non-hydrogen) atoms. The van der Waals surface area contributed by atoms with Crippen LogP contribution in [0.15, 0.2) is 29.4 Å². The molecule has 6 nitrogen and oxygen atoms in total. The Hall–Kier alpha value is -1.57. The number of nitrogens with zero attached hydrogens (tertiary/aromatic N) is 3. The number of aromatic nitrogens is 3. The summed E-state index contributed by atoms with van der Waals surface area (Å²) >= 11 is 7.87. The standard InChI is InChI=1S/C18H23ClN4O2S/c19-15-6-2-1-4-13(15)9-11-26-18-22-21-17(8-7-16(20)24)23(18)12-14-5-3-10-25-14/h1-2,4,6,14H,3,5,7-12H2,(H2,20,24). The molecule has 1 aromatic carbocycles. The molecule has 1 amide bonds. The molecule has 1 aromatic heterocycles. The molecule has 2 N–H and O–H groups in total. The number of amides is 1. The Balaban J connectivity index is 1.66. The van der Waals surface area contributed by atoms with Gasteiger partial charge in [0.1, 0.15) is 5.82 Å². The van der Waals surface area contributed by atoms with Crippen molar-refractivity contribution in [1.29, 1.82) is 0 Å². The molecule has 1 atom stereocenters. The van der Waals surface area contributed by atoms with Crippen LogP contribution in [0.25, 0.3) is 0 Å². The van der Waals surface area contributed by atoms with Crippen LogP contribution in [0.3, 0.4) is 0 Å². The van der Waals surface area contributed by atoms with Gasteiger partial charge in [-0.25, -0.2) is 0 Å². The van der Waals surface area contributed by atoms with Gasteiger partial charge in [0.2, 0.25) is 5.91 Å². The molecule has 1 unspecified atom stereocenters. The fourth-order valence-electron chi connectivity index (χ4n) is 2.97. The predicted octanol–water partition coefficient (Wildman–Crippen LogP) is 2.86. The molecule has 1 fully saturated rings. The van der Waals surface area contributed by atoms with Crippen LogP contribution >= 0.6 is 23.4 Å². The zero-order chi connectivity index (χ0) is 18.4. The number of primary amides is 1. The van der Waals surface area contributed by atoms with E-state index < -0.39 is 0 Å². The number of aryl methyl sites for hydroxylation is 2. The lowest BCUT2D eigenvalue weighted by Gasteiger charge is -2.14. The van der Waals surface area contributed by atoms with E-state index in [9.17, 15) is 4.79 Å². The highest BCUT2D eigenvalue weighted by atomic mass is 35.5. The zero-order valence-corrected chi connectivity index (χ0v) is 16.1. The van der Waals surface area contributed by atoms with Crippen molar-refractivity contribution in [2.24, 2.45) is 5.73 Å². The first kappa shape index (κ1) is 19.2. The van der Waals surface area contributed by atoms with Crippen LogP contribution in [0.2, 0.25) is 5.02 Å². The van der Waals surface area contributed by atoms with E-state index in [4.69, 9.17) is 22.1 Å². The van der Waals surface area contributed by atoms with Gasteiger partial charge in [-0.3, -0.25) is 4.79 Å². The van der Waals surface area contributed by atoms with Gasteiger partial charge in [0.15, 0.2) is 5.16 Å². The smallest absolute Gasteiger partial charge is 0.217 e. The number of nitrogens with two attached hydrogens (primary N) is 1. The van der Waals surface area contributed by atoms with Gasteiger partial charge in [0, 0.05) is 30.2 Å². The Morgan fingerprint density at radius 2 is 2.19 bits per heavy atom. The summed E-state index contributed by atoms with van der Waals surface area (Å²) in [7, 11) is 0. The third kappa shape index (κ3) is 5.22. The van der Waals surface area contributed by atoms with Gasteiger partial charge in [-0.1, -0.05) is 41.6 Å². The van der Waals surface area contributed by atoms with Gasteiger partial charge in [-0.2, -0.15) is 0 Å². The maximum atomic E-state index is 11.1. The van der Waals surface area contributed by atoms with Crippen LogP contribution in [-0.4, -0.2) is 39.1 Å². The summed E-state index contributed by atoms with van der Waals surface area (Å²) in [5.41, 5.74) is 6.41. The summed E-state index contributed by atoms with van der Waals surface area (Å²) in [5.74, 6) is 1.31. The lowest BCUT2D eigenvalue weighted by Crippen LogP contribution is -2.19. The van der Waals surface area contributed by atoms with E-state index >= 15 is 0 Å². The van der Waals surface area contributed by atoms with Gasteiger partial charge in [-0.15, -0.1) is 10.2 Å². The van der Waals surface area contributed by atoms with Crippen molar-refractivity contribution >= 4 is 29.3 Å². The predicted molar refractivity (Wildman–Crippen MR) is 102 cm³/mol. The van der Waals surface area contributed by atoms with Crippen LogP contribution in [-0.2, 0) is 28.9 Å². The molecular weight excluding hydrogens is 372 g/mol. The number of halogens is 1. The summed E-state index contributed by atoms with van der Waals surface area (Å²) in [6.45, 7) is 1.52. The van der Waals surface area contributed by atoms with E-state index in [1.54, 1.807) is 11.8 Å². The second kappa shape index (κ2) is 9.39. The molecule has 2 heterocycles. The highest BCUT2D eigenvalue weighted by Gasteiger charge is 2.21. The number of carbonyl (C=O) groups excluding carboxylic acids is 1. The zero-order valence-electron chi connectivity index (χ0n) is 14.6. The number of hydrogen-bond acceptors (Lipinski definition) is 5. The average Bonchev–Trinajstić information content (AvgIpc) is 3.26. The summed E-state index contributed by atoms with van der Waals surface area (Å²) in [6, 6.07) is 7.87. The van der Waals surface area contributed by atoms with Crippen LogP contribution < -0.4 is 5.73 Å². The van der Waals surface area contributed by atoms with Crippen molar-refractivity contribution in [3.63, 3.8) is 0 Å². The number of rotatable bonds is 9. The average molecular weight is 395 g/mol. The van der Waals surface area contributed by atoms with E-state index in [0.29, 0.717) is 6.42 Å². The minimum Gasteiger partial charge on any atom is -0.376 e. The molecule has 0 aliphatic carbocycles. The van der Waals surface area contributed by atoms with Crippen molar-refractivity contribution in [2.75, 3.05) is 12.4 Å². The van der Waals surface area contributed by atoms with Gasteiger partial charge < -0.3 is 15.0 Å². The fourth-order valence-corrected chi connectivity index (χ4v) is 4.14. The summed E-state index contributed by atoms with van der Waals surface area (Å²) < 4.78 is 7.84. The topological polar surface area (TPSA) is 83.0 Å². The Morgan fingerprint density at radius 1 is 1.35 bits per heavy atom.